The molecule has 94 valence electrons. The first-order chi connectivity index (χ1) is 8.70. The van der Waals surface area contributed by atoms with Crippen molar-refractivity contribution in [3.63, 3.8) is 0 Å². The molecule has 5 nitrogen and oxygen atoms in total. The van der Waals surface area contributed by atoms with Crippen molar-refractivity contribution in [1.29, 1.82) is 0 Å². The van der Waals surface area contributed by atoms with Crippen molar-refractivity contribution in [2.75, 3.05) is 11.1 Å². The Morgan fingerprint density at radius 1 is 1.22 bits per heavy atom. The van der Waals surface area contributed by atoms with E-state index in [2.05, 4.69) is 20.3 Å². The number of pyridine rings is 1. The summed E-state index contributed by atoms with van der Waals surface area (Å²) in [6, 6.07) is 3.93. The number of nitrogens with one attached hydrogen (secondary N) is 1. The number of nitrogen functional groups attached to an aromatic ring is 1. The molecule has 2 rings (SSSR count). The lowest BCUT2D eigenvalue weighted by Crippen LogP contribution is -2.09. The maximum atomic E-state index is 5.86. The summed E-state index contributed by atoms with van der Waals surface area (Å²) >= 11 is 0. The second kappa shape index (κ2) is 5.44. The van der Waals surface area contributed by atoms with Crippen LogP contribution in [0.5, 0.6) is 0 Å². The zero-order valence-electron chi connectivity index (χ0n) is 10.6. The van der Waals surface area contributed by atoms with E-state index in [1.165, 1.54) is 0 Å². The molecule has 0 bridgehead atoms. The minimum Gasteiger partial charge on any atom is -0.383 e. The number of anilines is 2. The number of rotatable bonds is 4. The van der Waals surface area contributed by atoms with Crippen LogP contribution in [0.3, 0.4) is 0 Å². The SMILES string of the molecule is CCc1nc(N)c(C)c(NCc2ccncc2)n1. The van der Waals surface area contributed by atoms with Gasteiger partial charge < -0.3 is 11.1 Å². The quantitative estimate of drug-likeness (QED) is 0.858. The van der Waals surface area contributed by atoms with Crippen molar-refractivity contribution >= 4 is 11.6 Å². The van der Waals surface area contributed by atoms with Gasteiger partial charge in [0.2, 0.25) is 0 Å². The van der Waals surface area contributed by atoms with E-state index in [1.807, 2.05) is 26.0 Å². The second-order valence-corrected chi connectivity index (χ2v) is 4.06. The normalized spacial score (nSPS) is 10.3. The fourth-order valence-electron chi connectivity index (χ4n) is 1.60. The molecule has 0 spiro atoms. The summed E-state index contributed by atoms with van der Waals surface area (Å²) in [5.41, 5.74) is 7.91. The molecule has 0 saturated heterocycles. The summed E-state index contributed by atoms with van der Waals surface area (Å²) in [6.45, 7) is 4.63. The van der Waals surface area contributed by atoms with Crippen LogP contribution in [-0.2, 0) is 13.0 Å². The van der Waals surface area contributed by atoms with E-state index in [4.69, 9.17) is 5.73 Å². The lowest BCUT2D eigenvalue weighted by atomic mass is 10.2. The lowest BCUT2D eigenvalue weighted by Gasteiger charge is -2.11. The molecule has 0 amide bonds. The van der Waals surface area contributed by atoms with Crippen LogP contribution in [0.15, 0.2) is 24.5 Å². The first-order valence-electron chi connectivity index (χ1n) is 5.96. The molecule has 0 unspecified atom stereocenters. The molecule has 2 aromatic heterocycles. The summed E-state index contributed by atoms with van der Waals surface area (Å²) in [5, 5.41) is 3.29. The Bertz CT molecular complexity index is 524. The Labute approximate surface area is 106 Å². The van der Waals surface area contributed by atoms with Crippen LogP contribution < -0.4 is 11.1 Å². The molecule has 2 heterocycles. The maximum Gasteiger partial charge on any atom is 0.135 e. The Hall–Kier alpha value is -2.17. The highest BCUT2D eigenvalue weighted by molar-refractivity contribution is 5.54. The molecule has 0 aliphatic rings. The first-order valence-corrected chi connectivity index (χ1v) is 5.96. The third-order valence-electron chi connectivity index (χ3n) is 2.76. The molecule has 5 heteroatoms. The van der Waals surface area contributed by atoms with E-state index >= 15 is 0 Å². The average molecular weight is 243 g/mol. The molecule has 0 aliphatic carbocycles. The lowest BCUT2D eigenvalue weighted by molar-refractivity contribution is 0.928. The number of aromatic nitrogens is 3. The highest BCUT2D eigenvalue weighted by Crippen LogP contribution is 2.18. The Morgan fingerprint density at radius 3 is 2.61 bits per heavy atom. The minimum absolute atomic E-state index is 0.541. The first kappa shape index (κ1) is 12.3. The third-order valence-corrected chi connectivity index (χ3v) is 2.76. The molecule has 2 aromatic rings. The number of aryl methyl sites for hydroxylation is 1. The standard InChI is InChI=1S/C13H17N5/c1-3-11-17-12(14)9(2)13(18-11)16-8-10-4-6-15-7-5-10/h4-7H,3,8H2,1-2H3,(H3,14,16,17,18). The maximum absolute atomic E-state index is 5.86. The van der Waals surface area contributed by atoms with Crippen LogP contribution in [0.2, 0.25) is 0 Å². The highest BCUT2D eigenvalue weighted by atomic mass is 15.1. The zero-order chi connectivity index (χ0) is 13.0. The van der Waals surface area contributed by atoms with Gasteiger partial charge in [0.1, 0.15) is 17.5 Å². The van der Waals surface area contributed by atoms with Crippen molar-refractivity contribution in [3.8, 4) is 0 Å². The minimum atomic E-state index is 0.541. The van der Waals surface area contributed by atoms with Gasteiger partial charge in [-0.25, -0.2) is 9.97 Å². The monoisotopic (exact) mass is 243 g/mol. The van der Waals surface area contributed by atoms with Gasteiger partial charge >= 0.3 is 0 Å². The number of nitrogens with zero attached hydrogens (tertiary/aromatic N) is 3. The van der Waals surface area contributed by atoms with Gasteiger partial charge in [0.25, 0.3) is 0 Å². The van der Waals surface area contributed by atoms with Crippen LogP contribution in [0.4, 0.5) is 11.6 Å². The van der Waals surface area contributed by atoms with Crippen LogP contribution >= 0.6 is 0 Å². The van der Waals surface area contributed by atoms with Gasteiger partial charge in [0.15, 0.2) is 0 Å². The van der Waals surface area contributed by atoms with E-state index in [0.29, 0.717) is 12.4 Å². The van der Waals surface area contributed by atoms with E-state index in [1.54, 1.807) is 12.4 Å². The van der Waals surface area contributed by atoms with E-state index in [9.17, 15) is 0 Å². The van der Waals surface area contributed by atoms with E-state index in [-0.39, 0.29) is 0 Å². The molecular formula is C13H17N5. The number of hydrogen-bond acceptors (Lipinski definition) is 5. The van der Waals surface area contributed by atoms with Crippen molar-refractivity contribution < 1.29 is 0 Å². The second-order valence-electron chi connectivity index (χ2n) is 4.06. The Balaban J connectivity index is 2.16. The molecule has 0 fully saturated rings. The van der Waals surface area contributed by atoms with E-state index < -0.39 is 0 Å². The molecule has 3 N–H and O–H groups in total. The van der Waals surface area contributed by atoms with Crippen LogP contribution in [0.25, 0.3) is 0 Å². The third kappa shape index (κ3) is 2.74. The van der Waals surface area contributed by atoms with Crippen molar-refractivity contribution in [2.45, 2.75) is 26.8 Å². The number of nitrogens with two attached hydrogens (primary N) is 1. The summed E-state index contributed by atoms with van der Waals surface area (Å²) in [6.07, 6.45) is 4.32. The van der Waals surface area contributed by atoms with Gasteiger partial charge in [-0.05, 0) is 24.6 Å². The summed E-state index contributed by atoms with van der Waals surface area (Å²) in [5.74, 6) is 2.10. The van der Waals surface area contributed by atoms with E-state index in [0.717, 1.165) is 29.2 Å². The van der Waals surface area contributed by atoms with Gasteiger partial charge in [-0.3, -0.25) is 4.98 Å². The predicted molar refractivity (Wildman–Crippen MR) is 72.1 cm³/mol. The summed E-state index contributed by atoms with van der Waals surface area (Å²) in [7, 11) is 0. The van der Waals surface area contributed by atoms with Crippen LogP contribution in [-0.4, -0.2) is 15.0 Å². The zero-order valence-corrected chi connectivity index (χ0v) is 10.6. The van der Waals surface area contributed by atoms with Crippen molar-refractivity contribution in [2.24, 2.45) is 0 Å². The fraction of sp³-hybridized carbons (Fsp3) is 0.308. The van der Waals surface area contributed by atoms with Crippen molar-refractivity contribution in [1.82, 2.24) is 15.0 Å². The molecule has 0 atom stereocenters. The average Bonchev–Trinajstić information content (AvgIpc) is 2.41. The van der Waals surface area contributed by atoms with Gasteiger partial charge in [-0.15, -0.1) is 0 Å². The van der Waals surface area contributed by atoms with Crippen LogP contribution in [0.1, 0.15) is 23.9 Å². The number of hydrogen-bond donors (Lipinski definition) is 2. The van der Waals surface area contributed by atoms with Gasteiger partial charge in [0.05, 0.1) is 0 Å². The van der Waals surface area contributed by atoms with Crippen LogP contribution in [0, 0.1) is 6.92 Å². The van der Waals surface area contributed by atoms with Crippen molar-refractivity contribution in [3.05, 3.63) is 41.5 Å². The highest BCUT2D eigenvalue weighted by Gasteiger charge is 2.07. The largest absolute Gasteiger partial charge is 0.383 e. The van der Waals surface area contributed by atoms with Gasteiger partial charge in [-0.2, -0.15) is 0 Å². The molecule has 0 radical (unpaired) electrons. The fourth-order valence-corrected chi connectivity index (χ4v) is 1.60. The summed E-state index contributed by atoms with van der Waals surface area (Å²) < 4.78 is 0. The molecular weight excluding hydrogens is 226 g/mol. The smallest absolute Gasteiger partial charge is 0.135 e. The Kier molecular flexibility index (Phi) is 3.72. The summed E-state index contributed by atoms with van der Waals surface area (Å²) in [4.78, 5) is 12.7. The van der Waals surface area contributed by atoms with Gasteiger partial charge in [-0.1, -0.05) is 6.92 Å². The molecule has 0 aliphatic heterocycles. The van der Waals surface area contributed by atoms with Gasteiger partial charge in [0, 0.05) is 30.9 Å². The predicted octanol–water partition coefficient (Wildman–Crippen LogP) is 1.94. The Morgan fingerprint density at radius 2 is 1.94 bits per heavy atom. The molecule has 0 aromatic carbocycles. The molecule has 0 saturated carbocycles. The molecule has 18 heavy (non-hydrogen) atoms. The topological polar surface area (TPSA) is 76.7 Å².